The van der Waals surface area contributed by atoms with Gasteiger partial charge in [-0.3, -0.25) is 4.99 Å². The molecule has 0 unspecified atom stereocenters. The Morgan fingerprint density at radius 2 is 2.00 bits per heavy atom. The van der Waals surface area contributed by atoms with Crippen LogP contribution in [0.1, 0.15) is 12.8 Å². The Labute approximate surface area is 134 Å². The Morgan fingerprint density at radius 1 is 1.32 bits per heavy atom. The molecule has 1 fully saturated rings. The highest BCUT2D eigenvalue weighted by molar-refractivity contribution is 14.0. The molecule has 0 spiro atoms. The van der Waals surface area contributed by atoms with Crippen molar-refractivity contribution < 1.29 is 0 Å². The third-order valence-corrected chi connectivity index (χ3v) is 3.19. The van der Waals surface area contributed by atoms with Crippen molar-refractivity contribution in [1.29, 1.82) is 0 Å². The largest absolute Gasteiger partial charge is 0.370 e. The van der Waals surface area contributed by atoms with E-state index in [1.165, 1.54) is 39.1 Å². The summed E-state index contributed by atoms with van der Waals surface area (Å²) in [5.41, 5.74) is 5.68. The van der Waals surface area contributed by atoms with Gasteiger partial charge in [-0.15, -0.1) is 30.6 Å². The summed E-state index contributed by atoms with van der Waals surface area (Å²) in [4.78, 5) is 9.18. The maximum atomic E-state index is 5.68. The summed E-state index contributed by atoms with van der Waals surface area (Å²) < 4.78 is 0. The number of rotatable bonds is 7. The fourth-order valence-corrected chi connectivity index (χ4v) is 1.95. The molecular formula is C13H28IN5. The van der Waals surface area contributed by atoms with Crippen LogP contribution in [0, 0.1) is 0 Å². The van der Waals surface area contributed by atoms with Crippen LogP contribution in [-0.2, 0) is 0 Å². The van der Waals surface area contributed by atoms with Gasteiger partial charge in [-0.25, -0.2) is 0 Å². The van der Waals surface area contributed by atoms with Crippen molar-refractivity contribution in [2.24, 2.45) is 10.7 Å². The molecule has 1 aliphatic rings. The third-order valence-electron chi connectivity index (χ3n) is 3.19. The number of hydrogen-bond donors (Lipinski definition) is 2. The number of hydrogen-bond acceptors (Lipinski definition) is 3. The zero-order chi connectivity index (χ0) is 13.2. The standard InChI is InChI=1S/C13H27N5.HI/c1-3-6-15-13(14)16-7-4-5-8-18-11-9-17(2)10-12-18;/h3H,1,4-12H2,2H3,(H3,14,15,16);1H. The van der Waals surface area contributed by atoms with Crippen molar-refractivity contribution in [3.8, 4) is 0 Å². The molecule has 19 heavy (non-hydrogen) atoms. The molecule has 112 valence electrons. The molecule has 6 heteroatoms. The Morgan fingerprint density at radius 3 is 2.63 bits per heavy atom. The molecule has 0 saturated carbocycles. The van der Waals surface area contributed by atoms with Crippen LogP contribution in [-0.4, -0.2) is 68.6 Å². The molecule has 0 aromatic rings. The molecule has 0 atom stereocenters. The first kappa shape index (κ1) is 18.7. The first-order chi connectivity index (χ1) is 8.72. The van der Waals surface area contributed by atoms with Gasteiger partial charge < -0.3 is 20.9 Å². The number of halogens is 1. The van der Waals surface area contributed by atoms with E-state index in [1.54, 1.807) is 6.08 Å². The number of likely N-dealkylation sites (N-methyl/N-ethyl adjacent to an activating group) is 1. The minimum atomic E-state index is 0. The van der Waals surface area contributed by atoms with Gasteiger partial charge in [0.2, 0.25) is 0 Å². The number of piperazine rings is 1. The molecule has 1 aliphatic heterocycles. The summed E-state index contributed by atoms with van der Waals surface area (Å²) in [6, 6.07) is 0. The highest BCUT2D eigenvalue weighted by Crippen LogP contribution is 2.01. The third kappa shape index (κ3) is 9.23. The zero-order valence-electron chi connectivity index (χ0n) is 12.0. The van der Waals surface area contributed by atoms with E-state index in [0.29, 0.717) is 12.5 Å². The average molecular weight is 381 g/mol. The predicted octanol–water partition coefficient (Wildman–Crippen LogP) is 0.722. The lowest BCUT2D eigenvalue weighted by molar-refractivity contribution is 0.152. The number of guanidine groups is 1. The maximum absolute atomic E-state index is 5.68. The molecule has 1 saturated heterocycles. The fourth-order valence-electron chi connectivity index (χ4n) is 1.95. The lowest BCUT2D eigenvalue weighted by Gasteiger charge is -2.32. The van der Waals surface area contributed by atoms with E-state index in [0.717, 1.165) is 13.0 Å². The van der Waals surface area contributed by atoms with Gasteiger partial charge in [-0.2, -0.15) is 0 Å². The number of unbranched alkanes of at least 4 members (excludes halogenated alkanes) is 1. The average Bonchev–Trinajstić information content (AvgIpc) is 2.38. The molecule has 0 aromatic carbocycles. The van der Waals surface area contributed by atoms with Gasteiger partial charge in [0, 0.05) is 39.3 Å². The van der Waals surface area contributed by atoms with Gasteiger partial charge in [0.25, 0.3) is 0 Å². The number of nitrogens with zero attached hydrogens (tertiary/aromatic N) is 3. The topological polar surface area (TPSA) is 56.9 Å². The van der Waals surface area contributed by atoms with E-state index in [1.807, 2.05) is 0 Å². The van der Waals surface area contributed by atoms with Crippen molar-refractivity contribution in [3.05, 3.63) is 12.7 Å². The Kier molecular flexibility index (Phi) is 11.3. The molecule has 1 rings (SSSR count). The summed E-state index contributed by atoms with van der Waals surface area (Å²) in [6.45, 7) is 11.1. The Bertz CT molecular complexity index is 262. The Hall–Kier alpha value is -0.340. The molecule has 0 radical (unpaired) electrons. The van der Waals surface area contributed by atoms with E-state index >= 15 is 0 Å². The molecule has 0 bridgehead atoms. The fraction of sp³-hybridized carbons (Fsp3) is 0.769. The lowest BCUT2D eigenvalue weighted by Crippen LogP contribution is -2.44. The van der Waals surface area contributed by atoms with E-state index in [4.69, 9.17) is 5.73 Å². The van der Waals surface area contributed by atoms with Crippen molar-refractivity contribution >= 4 is 29.9 Å². The van der Waals surface area contributed by atoms with Crippen LogP contribution >= 0.6 is 24.0 Å². The predicted molar refractivity (Wildman–Crippen MR) is 93.3 cm³/mol. The molecule has 0 amide bonds. The monoisotopic (exact) mass is 381 g/mol. The van der Waals surface area contributed by atoms with Gasteiger partial charge in [-0.1, -0.05) is 6.08 Å². The molecule has 1 heterocycles. The van der Waals surface area contributed by atoms with Gasteiger partial charge in [-0.05, 0) is 26.4 Å². The number of aliphatic imine (C=N–C) groups is 1. The maximum Gasteiger partial charge on any atom is 0.188 e. The van der Waals surface area contributed by atoms with Crippen LogP contribution in [0.2, 0.25) is 0 Å². The molecule has 0 aliphatic carbocycles. The minimum Gasteiger partial charge on any atom is -0.370 e. The molecule has 0 aromatic heterocycles. The van der Waals surface area contributed by atoms with Crippen molar-refractivity contribution in [1.82, 2.24) is 15.1 Å². The minimum absolute atomic E-state index is 0. The highest BCUT2D eigenvalue weighted by atomic mass is 127. The highest BCUT2D eigenvalue weighted by Gasteiger charge is 2.12. The van der Waals surface area contributed by atoms with Crippen molar-refractivity contribution in [2.45, 2.75) is 12.8 Å². The number of nitrogens with two attached hydrogens (primary N) is 1. The van der Waals surface area contributed by atoms with Gasteiger partial charge in [0.15, 0.2) is 5.96 Å². The second-order valence-electron chi connectivity index (χ2n) is 4.79. The van der Waals surface area contributed by atoms with E-state index in [2.05, 4.69) is 33.7 Å². The Balaban J connectivity index is 0.00000324. The summed E-state index contributed by atoms with van der Waals surface area (Å²) in [5.74, 6) is 0.523. The van der Waals surface area contributed by atoms with Gasteiger partial charge in [0.1, 0.15) is 0 Å². The SMILES string of the molecule is C=CCNC(N)=NCCCCN1CCN(C)CC1.I. The summed E-state index contributed by atoms with van der Waals surface area (Å²) in [7, 11) is 2.19. The number of nitrogens with one attached hydrogen (secondary N) is 1. The summed E-state index contributed by atoms with van der Waals surface area (Å²) >= 11 is 0. The van der Waals surface area contributed by atoms with Crippen LogP contribution in [0.15, 0.2) is 17.6 Å². The summed E-state index contributed by atoms with van der Waals surface area (Å²) in [6.07, 6.45) is 4.07. The van der Waals surface area contributed by atoms with Crippen molar-refractivity contribution in [3.63, 3.8) is 0 Å². The van der Waals surface area contributed by atoms with E-state index < -0.39 is 0 Å². The first-order valence-electron chi connectivity index (χ1n) is 6.78. The second-order valence-corrected chi connectivity index (χ2v) is 4.79. The molecule has 3 N–H and O–H groups in total. The van der Waals surface area contributed by atoms with Crippen LogP contribution in [0.4, 0.5) is 0 Å². The van der Waals surface area contributed by atoms with Gasteiger partial charge >= 0.3 is 0 Å². The first-order valence-corrected chi connectivity index (χ1v) is 6.78. The van der Waals surface area contributed by atoms with Crippen LogP contribution in [0.3, 0.4) is 0 Å². The van der Waals surface area contributed by atoms with Crippen LogP contribution in [0.25, 0.3) is 0 Å². The quantitative estimate of drug-likeness (QED) is 0.224. The lowest BCUT2D eigenvalue weighted by atomic mass is 10.2. The summed E-state index contributed by atoms with van der Waals surface area (Å²) in [5, 5.41) is 2.97. The normalized spacial score (nSPS) is 17.8. The molecule has 5 nitrogen and oxygen atoms in total. The van der Waals surface area contributed by atoms with Gasteiger partial charge in [0.05, 0.1) is 0 Å². The van der Waals surface area contributed by atoms with Crippen molar-refractivity contribution in [2.75, 3.05) is 52.9 Å². The van der Waals surface area contributed by atoms with E-state index in [9.17, 15) is 0 Å². The van der Waals surface area contributed by atoms with E-state index in [-0.39, 0.29) is 24.0 Å². The van der Waals surface area contributed by atoms with Crippen LogP contribution < -0.4 is 11.1 Å². The second kappa shape index (κ2) is 11.5. The smallest absolute Gasteiger partial charge is 0.188 e. The molecular weight excluding hydrogens is 353 g/mol. The van der Waals surface area contributed by atoms with Crippen LogP contribution in [0.5, 0.6) is 0 Å². The zero-order valence-corrected chi connectivity index (χ0v) is 14.3.